The van der Waals surface area contributed by atoms with E-state index in [0.717, 1.165) is 22.0 Å². The number of imide groups is 1. The Morgan fingerprint density at radius 1 is 1.33 bits per heavy atom. The molecular formula is C14H11ClN4O4S. The van der Waals surface area contributed by atoms with Gasteiger partial charge in [-0.25, -0.2) is 9.59 Å². The first-order valence-corrected chi connectivity index (χ1v) is 8.00. The minimum atomic E-state index is -0.527. The molecule has 24 heavy (non-hydrogen) atoms. The van der Waals surface area contributed by atoms with Gasteiger partial charge < -0.3 is 10.1 Å². The molecule has 0 saturated carbocycles. The highest BCUT2D eigenvalue weighted by atomic mass is 35.5. The van der Waals surface area contributed by atoms with Crippen molar-refractivity contribution in [3.05, 3.63) is 45.4 Å². The van der Waals surface area contributed by atoms with Gasteiger partial charge >= 0.3 is 12.0 Å². The van der Waals surface area contributed by atoms with Gasteiger partial charge in [0, 0.05) is 11.5 Å². The van der Waals surface area contributed by atoms with Crippen LogP contribution in [-0.4, -0.2) is 38.9 Å². The summed E-state index contributed by atoms with van der Waals surface area (Å²) in [6.07, 6.45) is 0. The molecule has 1 aromatic heterocycles. The maximum absolute atomic E-state index is 12.0. The number of esters is 1. The van der Waals surface area contributed by atoms with Crippen LogP contribution in [0.4, 0.5) is 4.79 Å². The number of carbonyl (C=O) groups excluding carboxylic acids is 3. The summed E-state index contributed by atoms with van der Waals surface area (Å²) >= 11 is 6.85. The molecule has 1 aliphatic rings. The Labute approximate surface area is 145 Å². The molecule has 0 radical (unpaired) electrons. The molecule has 124 valence electrons. The molecule has 3 rings (SSSR count). The fourth-order valence-corrected chi connectivity index (χ4v) is 2.65. The van der Waals surface area contributed by atoms with Crippen molar-refractivity contribution in [1.29, 1.82) is 0 Å². The Kier molecular flexibility index (Phi) is 4.72. The van der Waals surface area contributed by atoms with E-state index >= 15 is 0 Å². The third-order valence-electron chi connectivity index (χ3n) is 3.32. The number of nitrogens with zero attached hydrogens (tertiary/aromatic N) is 3. The average molecular weight is 367 g/mol. The van der Waals surface area contributed by atoms with Crippen LogP contribution in [0.25, 0.3) is 0 Å². The lowest BCUT2D eigenvalue weighted by molar-refractivity contribution is -0.125. The maximum Gasteiger partial charge on any atom is 0.338 e. The van der Waals surface area contributed by atoms with E-state index in [-0.39, 0.29) is 25.6 Å². The largest absolute Gasteiger partial charge is 0.455 e. The van der Waals surface area contributed by atoms with Crippen molar-refractivity contribution >= 4 is 41.0 Å². The van der Waals surface area contributed by atoms with Crippen molar-refractivity contribution < 1.29 is 19.1 Å². The molecule has 1 fully saturated rings. The van der Waals surface area contributed by atoms with Crippen LogP contribution in [0.1, 0.15) is 21.6 Å². The van der Waals surface area contributed by atoms with Crippen LogP contribution in [0, 0.1) is 0 Å². The molecular weight excluding hydrogens is 356 g/mol. The number of ether oxygens (including phenoxy) is 1. The zero-order valence-corrected chi connectivity index (χ0v) is 13.8. The van der Waals surface area contributed by atoms with Crippen molar-refractivity contribution in [2.75, 3.05) is 6.54 Å². The number of hydrogen-bond acceptors (Lipinski definition) is 7. The average Bonchev–Trinajstić information content (AvgIpc) is 3.13. The Hall–Kier alpha value is -2.52. The van der Waals surface area contributed by atoms with Crippen LogP contribution < -0.4 is 5.32 Å². The summed E-state index contributed by atoms with van der Waals surface area (Å²) in [6, 6.07) is 6.03. The Morgan fingerprint density at radius 3 is 2.67 bits per heavy atom. The van der Waals surface area contributed by atoms with Gasteiger partial charge in [0.1, 0.15) is 16.6 Å². The number of urea groups is 1. The molecule has 0 aliphatic carbocycles. The highest BCUT2D eigenvalue weighted by Crippen LogP contribution is 2.18. The summed E-state index contributed by atoms with van der Waals surface area (Å²) in [5.41, 5.74) is 1.48. The predicted octanol–water partition coefficient (Wildman–Crippen LogP) is 1.60. The molecule has 1 saturated heterocycles. The zero-order chi connectivity index (χ0) is 17.1. The summed E-state index contributed by atoms with van der Waals surface area (Å²) in [4.78, 5) is 36.1. The smallest absolute Gasteiger partial charge is 0.338 e. The van der Waals surface area contributed by atoms with Crippen LogP contribution >= 0.6 is 23.1 Å². The van der Waals surface area contributed by atoms with E-state index in [4.69, 9.17) is 16.3 Å². The number of hydrogen-bond donors (Lipinski definition) is 1. The van der Waals surface area contributed by atoms with Crippen LogP contribution in [-0.2, 0) is 22.7 Å². The van der Waals surface area contributed by atoms with Gasteiger partial charge in [-0.1, -0.05) is 28.2 Å². The Balaban J connectivity index is 1.59. The van der Waals surface area contributed by atoms with Crippen LogP contribution in [0.3, 0.4) is 0 Å². The number of benzene rings is 1. The molecule has 1 aliphatic heterocycles. The van der Waals surface area contributed by atoms with Crippen molar-refractivity contribution in [3.63, 3.8) is 0 Å². The first kappa shape index (κ1) is 16.3. The van der Waals surface area contributed by atoms with Gasteiger partial charge in [-0.05, 0) is 17.7 Å². The van der Waals surface area contributed by atoms with Crippen molar-refractivity contribution in [3.8, 4) is 0 Å². The Morgan fingerprint density at radius 2 is 2.08 bits per heavy atom. The van der Waals surface area contributed by atoms with Crippen molar-refractivity contribution in [2.24, 2.45) is 0 Å². The van der Waals surface area contributed by atoms with Gasteiger partial charge in [0.2, 0.25) is 5.91 Å². The molecule has 3 amide bonds. The molecule has 0 spiro atoms. The molecule has 0 bridgehead atoms. The van der Waals surface area contributed by atoms with Crippen LogP contribution in [0.15, 0.2) is 24.3 Å². The number of rotatable bonds is 5. The van der Waals surface area contributed by atoms with Crippen molar-refractivity contribution in [2.45, 2.75) is 13.2 Å². The molecule has 2 aromatic rings. The van der Waals surface area contributed by atoms with Crippen molar-refractivity contribution in [1.82, 2.24) is 19.8 Å². The number of nitrogens with one attached hydrogen (secondary N) is 1. The lowest BCUT2D eigenvalue weighted by Gasteiger charge is -2.12. The third kappa shape index (κ3) is 3.52. The normalized spacial score (nSPS) is 14.0. The van der Waals surface area contributed by atoms with E-state index in [1.807, 2.05) is 0 Å². The quantitative estimate of drug-likeness (QED) is 0.637. The van der Waals surface area contributed by atoms with E-state index in [2.05, 4.69) is 14.9 Å². The summed E-state index contributed by atoms with van der Waals surface area (Å²) < 4.78 is 9.14. The third-order valence-corrected chi connectivity index (χ3v) is 4.30. The van der Waals surface area contributed by atoms with Gasteiger partial charge in [-0.2, -0.15) is 0 Å². The van der Waals surface area contributed by atoms with E-state index in [1.165, 1.54) is 0 Å². The van der Waals surface area contributed by atoms with E-state index < -0.39 is 12.0 Å². The molecule has 0 unspecified atom stereocenters. The number of halogens is 1. The first-order valence-electron chi connectivity index (χ1n) is 6.85. The SMILES string of the molecule is O=C(OCc1nnsc1Cl)c1ccc(CN2C(=O)CNC2=O)cc1. The van der Waals surface area contributed by atoms with Gasteiger partial charge in [0.05, 0.1) is 18.7 Å². The number of aromatic nitrogens is 2. The highest BCUT2D eigenvalue weighted by Gasteiger charge is 2.28. The van der Waals surface area contributed by atoms with Gasteiger partial charge in [0.15, 0.2) is 0 Å². The molecule has 8 nitrogen and oxygen atoms in total. The van der Waals surface area contributed by atoms with E-state index in [1.54, 1.807) is 24.3 Å². The minimum absolute atomic E-state index is 0.0112. The Bertz CT molecular complexity index is 776. The second-order valence-corrected chi connectivity index (χ2v) is 6.26. The van der Waals surface area contributed by atoms with E-state index in [9.17, 15) is 14.4 Å². The minimum Gasteiger partial charge on any atom is -0.455 e. The number of amides is 3. The zero-order valence-electron chi connectivity index (χ0n) is 12.2. The number of carbonyl (C=O) groups is 3. The topological polar surface area (TPSA) is 101 Å². The van der Waals surface area contributed by atoms with Gasteiger partial charge in [0.25, 0.3) is 0 Å². The van der Waals surface area contributed by atoms with Gasteiger partial charge in [-0.15, -0.1) is 5.10 Å². The van der Waals surface area contributed by atoms with E-state index in [0.29, 0.717) is 15.6 Å². The second-order valence-electron chi connectivity index (χ2n) is 4.90. The summed E-state index contributed by atoms with van der Waals surface area (Å²) in [5, 5.41) is 6.20. The predicted molar refractivity (Wildman–Crippen MR) is 84.4 cm³/mol. The molecule has 1 N–H and O–H groups in total. The maximum atomic E-state index is 12.0. The fourth-order valence-electron chi connectivity index (χ4n) is 2.04. The van der Waals surface area contributed by atoms with Gasteiger partial charge in [-0.3, -0.25) is 9.69 Å². The second kappa shape index (κ2) is 6.93. The summed E-state index contributed by atoms with van der Waals surface area (Å²) in [6.45, 7) is 0.107. The van der Waals surface area contributed by atoms with Crippen LogP contribution in [0.2, 0.25) is 4.34 Å². The summed E-state index contributed by atoms with van der Waals surface area (Å²) in [7, 11) is 0. The molecule has 0 atom stereocenters. The van der Waals surface area contributed by atoms with Crippen LogP contribution in [0.5, 0.6) is 0 Å². The molecule has 2 heterocycles. The molecule has 10 heteroatoms. The summed E-state index contributed by atoms with van der Waals surface area (Å²) in [5.74, 6) is -0.808. The molecule has 1 aromatic carbocycles. The standard InChI is InChI=1S/C14H11ClN4O4S/c15-12-10(17-18-24-12)7-23-13(21)9-3-1-8(2-4-9)6-19-11(20)5-16-14(19)22/h1-4H,5-7H2,(H,16,22). The fraction of sp³-hybridized carbons (Fsp3) is 0.214. The highest BCUT2D eigenvalue weighted by molar-refractivity contribution is 7.10. The lowest BCUT2D eigenvalue weighted by Crippen LogP contribution is -2.30. The monoisotopic (exact) mass is 366 g/mol. The lowest BCUT2D eigenvalue weighted by atomic mass is 10.1. The first-order chi connectivity index (χ1) is 11.5.